The van der Waals surface area contributed by atoms with Gasteiger partial charge in [-0.05, 0) is 60.7 Å². The number of benzene rings is 1. The fourth-order valence-corrected chi connectivity index (χ4v) is 4.17. The first-order valence-electron chi connectivity index (χ1n) is 9.84. The van der Waals surface area contributed by atoms with Crippen LogP contribution in [0.2, 0.25) is 18.1 Å². The van der Waals surface area contributed by atoms with Gasteiger partial charge in [0.15, 0.2) is 0 Å². The second-order valence-electron chi connectivity index (χ2n) is 8.86. The third-order valence-electron chi connectivity index (χ3n) is 5.68. The molecular weight excluding hydrogens is 352 g/mol. The van der Waals surface area contributed by atoms with Crippen LogP contribution >= 0.6 is 0 Å². The van der Waals surface area contributed by atoms with Crippen LogP contribution in [0.15, 0.2) is 41.7 Å². The van der Waals surface area contributed by atoms with Crippen molar-refractivity contribution in [1.82, 2.24) is 0 Å². The van der Waals surface area contributed by atoms with Crippen LogP contribution in [-0.2, 0) is 9.16 Å². The molecule has 0 unspecified atom stereocenters. The SMILES string of the molecule is COCC1=C(\O[Si](C)(C)C(C)(C)C)CCCC/C(c2cccc(C=O)c2)=C\1. The molecule has 0 atom stereocenters. The lowest BCUT2D eigenvalue weighted by Gasteiger charge is -2.38. The van der Waals surface area contributed by atoms with Crippen molar-refractivity contribution < 1.29 is 14.0 Å². The van der Waals surface area contributed by atoms with E-state index in [1.54, 1.807) is 7.11 Å². The van der Waals surface area contributed by atoms with Crippen molar-refractivity contribution in [3.05, 3.63) is 52.8 Å². The van der Waals surface area contributed by atoms with Crippen LogP contribution in [0.4, 0.5) is 0 Å². The smallest absolute Gasteiger partial charge is 0.250 e. The number of hydrogen-bond acceptors (Lipinski definition) is 3. The molecular formula is C23H34O3Si. The third kappa shape index (κ3) is 5.66. The molecule has 0 saturated carbocycles. The highest BCUT2D eigenvalue weighted by Crippen LogP contribution is 2.40. The van der Waals surface area contributed by atoms with E-state index in [0.29, 0.717) is 12.2 Å². The quantitative estimate of drug-likeness (QED) is 0.420. The normalized spacial score (nSPS) is 21.0. The van der Waals surface area contributed by atoms with E-state index in [1.807, 2.05) is 18.2 Å². The van der Waals surface area contributed by atoms with Crippen molar-refractivity contribution in [3.8, 4) is 0 Å². The lowest BCUT2D eigenvalue weighted by atomic mass is 9.93. The second kappa shape index (κ2) is 9.02. The summed E-state index contributed by atoms with van der Waals surface area (Å²) in [7, 11) is -0.175. The first-order chi connectivity index (χ1) is 12.7. The van der Waals surface area contributed by atoms with Gasteiger partial charge in [-0.2, -0.15) is 0 Å². The fraction of sp³-hybridized carbons (Fsp3) is 0.522. The molecule has 0 aliphatic heterocycles. The monoisotopic (exact) mass is 386 g/mol. The molecule has 0 fully saturated rings. The van der Waals surface area contributed by atoms with Crippen molar-refractivity contribution in [2.24, 2.45) is 0 Å². The van der Waals surface area contributed by atoms with Gasteiger partial charge >= 0.3 is 0 Å². The van der Waals surface area contributed by atoms with E-state index >= 15 is 0 Å². The van der Waals surface area contributed by atoms with Crippen molar-refractivity contribution in [2.45, 2.75) is 64.6 Å². The molecule has 148 valence electrons. The Morgan fingerprint density at radius 3 is 2.48 bits per heavy atom. The summed E-state index contributed by atoms with van der Waals surface area (Å²) in [6, 6.07) is 7.85. The number of rotatable bonds is 6. The highest BCUT2D eigenvalue weighted by molar-refractivity contribution is 6.74. The summed E-state index contributed by atoms with van der Waals surface area (Å²) in [4.78, 5) is 11.2. The number of aldehydes is 1. The lowest BCUT2D eigenvalue weighted by Crippen LogP contribution is -2.40. The Hall–Kier alpha value is -1.65. The molecule has 3 nitrogen and oxygen atoms in total. The van der Waals surface area contributed by atoms with E-state index in [-0.39, 0.29) is 5.04 Å². The molecule has 1 aromatic carbocycles. The minimum atomic E-state index is -1.91. The minimum Gasteiger partial charge on any atom is -0.546 e. The van der Waals surface area contributed by atoms with Crippen LogP contribution in [0.5, 0.6) is 0 Å². The molecule has 0 aromatic heterocycles. The Balaban J connectivity index is 2.48. The first-order valence-corrected chi connectivity index (χ1v) is 12.7. The van der Waals surface area contributed by atoms with Crippen LogP contribution in [-0.4, -0.2) is 28.3 Å². The summed E-state index contributed by atoms with van der Waals surface area (Å²) in [6.45, 7) is 11.9. The topological polar surface area (TPSA) is 35.5 Å². The molecule has 0 N–H and O–H groups in total. The van der Waals surface area contributed by atoms with Gasteiger partial charge in [-0.3, -0.25) is 4.79 Å². The Morgan fingerprint density at radius 2 is 1.85 bits per heavy atom. The second-order valence-corrected chi connectivity index (χ2v) is 13.6. The summed E-state index contributed by atoms with van der Waals surface area (Å²) in [5.41, 5.74) is 4.21. The van der Waals surface area contributed by atoms with Crippen LogP contribution in [0.25, 0.3) is 5.57 Å². The predicted molar refractivity (Wildman–Crippen MR) is 115 cm³/mol. The van der Waals surface area contributed by atoms with Crippen LogP contribution in [0.1, 0.15) is 62.4 Å². The van der Waals surface area contributed by atoms with E-state index in [9.17, 15) is 4.79 Å². The van der Waals surface area contributed by atoms with Gasteiger partial charge < -0.3 is 9.16 Å². The van der Waals surface area contributed by atoms with E-state index in [1.165, 1.54) is 5.57 Å². The molecule has 0 radical (unpaired) electrons. The highest BCUT2D eigenvalue weighted by atomic mass is 28.4. The maximum Gasteiger partial charge on any atom is 0.250 e. The zero-order valence-corrected chi connectivity index (χ0v) is 18.7. The van der Waals surface area contributed by atoms with Gasteiger partial charge in [0.2, 0.25) is 8.32 Å². The first kappa shape index (κ1) is 21.6. The third-order valence-corrected chi connectivity index (χ3v) is 10.1. The van der Waals surface area contributed by atoms with Crippen LogP contribution in [0, 0.1) is 0 Å². The summed E-state index contributed by atoms with van der Waals surface area (Å²) < 4.78 is 12.2. The van der Waals surface area contributed by atoms with Gasteiger partial charge in [-0.25, -0.2) is 0 Å². The highest BCUT2D eigenvalue weighted by Gasteiger charge is 2.39. The Kier molecular flexibility index (Phi) is 7.23. The number of methoxy groups -OCH3 is 1. The molecule has 4 heteroatoms. The molecule has 0 bridgehead atoms. The van der Waals surface area contributed by atoms with Crippen LogP contribution < -0.4 is 0 Å². The molecule has 27 heavy (non-hydrogen) atoms. The van der Waals surface area contributed by atoms with Gasteiger partial charge in [0, 0.05) is 24.7 Å². The zero-order chi connectivity index (χ0) is 20.1. The number of carbonyl (C=O) groups is 1. The van der Waals surface area contributed by atoms with Crippen molar-refractivity contribution in [3.63, 3.8) is 0 Å². The maximum absolute atomic E-state index is 11.2. The molecule has 0 spiro atoms. The molecule has 2 rings (SSSR count). The number of ether oxygens (including phenoxy) is 1. The van der Waals surface area contributed by atoms with Gasteiger partial charge in [0.25, 0.3) is 0 Å². The van der Waals surface area contributed by atoms with Gasteiger partial charge in [-0.15, -0.1) is 0 Å². The van der Waals surface area contributed by atoms with Crippen LogP contribution in [0.3, 0.4) is 0 Å². The van der Waals surface area contributed by atoms with E-state index < -0.39 is 8.32 Å². The molecule has 1 aromatic rings. The number of allylic oxidation sites excluding steroid dienone is 2. The Morgan fingerprint density at radius 1 is 1.15 bits per heavy atom. The fourth-order valence-electron chi connectivity index (χ4n) is 3.02. The summed E-state index contributed by atoms with van der Waals surface area (Å²) in [6.07, 6.45) is 7.32. The van der Waals surface area contributed by atoms with Gasteiger partial charge in [-0.1, -0.05) is 39.0 Å². The molecule has 1 aliphatic rings. The Labute approximate surface area is 165 Å². The minimum absolute atomic E-state index is 0.158. The van der Waals surface area contributed by atoms with Gasteiger partial charge in [0.1, 0.15) is 6.29 Å². The average Bonchev–Trinajstić information content (AvgIpc) is 2.59. The average molecular weight is 387 g/mol. The largest absolute Gasteiger partial charge is 0.546 e. The van der Waals surface area contributed by atoms with Crippen molar-refractivity contribution in [2.75, 3.05) is 13.7 Å². The molecule has 1 aliphatic carbocycles. The summed E-state index contributed by atoms with van der Waals surface area (Å²) >= 11 is 0. The predicted octanol–water partition coefficient (Wildman–Crippen LogP) is 6.38. The lowest BCUT2D eigenvalue weighted by molar-refractivity contribution is 0.112. The van der Waals surface area contributed by atoms with E-state index in [0.717, 1.165) is 48.9 Å². The summed E-state index contributed by atoms with van der Waals surface area (Å²) in [5, 5.41) is 0.158. The van der Waals surface area contributed by atoms with E-state index in [4.69, 9.17) is 9.16 Å². The number of hydrogen-bond donors (Lipinski definition) is 0. The van der Waals surface area contributed by atoms with Crippen molar-refractivity contribution >= 4 is 20.2 Å². The molecule has 0 amide bonds. The standard InChI is InChI=1S/C23H34O3Si/c1-23(2,3)27(5,6)26-22-13-8-7-11-20(15-21(22)17-25-4)19-12-9-10-18(14-19)16-24/h9-10,12,14-16H,7-8,11,13,17H2,1-6H3/b20-15+,22-21-. The zero-order valence-electron chi connectivity index (χ0n) is 17.7. The molecule has 0 saturated heterocycles. The maximum atomic E-state index is 11.2. The molecule has 0 heterocycles. The number of carbonyl (C=O) groups excluding carboxylic acids is 1. The van der Waals surface area contributed by atoms with Crippen molar-refractivity contribution in [1.29, 1.82) is 0 Å². The summed E-state index contributed by atoms with van der Waals surface area (Å²) in [5.74, 6) is 1.09. The Bertz CT molecular complexity index is 723. The van der Waals surface area contributed by atoms with Gasteiger partial charge in [0.05, 0.1) is 12.4 Å². The van der Waals surface area contributed by atoms with E-state index in [2.05, 4.69) is 46.0 Å².